The normalized spacial score (nSPS) is 14.2. The van der Waals surface area contributed by atoms with Crippen molar-refractivity contribution in [1.29, 1.82) is 0 Å². The minimum absolute atomic E-state index is 0.123. The first-order valence-electron chi connectivity index (χ1n) is 23.1. The van der Waals surface area contributed by atoms with Crippen LogP contribution in [0.1, 0.15) is 97.0 Å². The third kappa shape index (κ3) is 7.65. The molecule has 0 radical (unpaired) electrons. The van der Waals surface area contributed by atoms with Gasteiger partial charge in [-0.25, -0.2) is 0 Å². The van der Waals surface area contributed by atoms with Crippen LogP contribution in [0.3, 0.4) is 0 Å². The molecule has 0 saturated heterocycles. The third-order valence-corrected chi connectivity index (χ3v) is 14.3. The first kappa shape index (κ1) is 40.7. The van der Waals surface area contributed by atoms with Gasteiger partial charge >= 0.3 is 0 Å². The molecule has 2 aliphatic heterocycles. The van der Waals surface area contributed by atoms with Crippen LogP contribution >= 0.6 is 0 Å². The molecule has 0 saturated carbocycles. The van der Waals surface area contributed by atoms with Crippen molar-refractivity contribution in [1.82, 2.24) is 0 Å². The number of rotatable bonds is 10. The van der Waals surface area contributed by atoms with Crippen LogP contribution in [0, 0.1) is 48.5 Å². The number of hydrogen-bond donors (Lipinski definition) is 0. The van der Waals surface area contributed by atoms with Gasteiger partial charge in [-0.15, -0.1) is 0 Å². The topological polar surface area (TPSA) is 3.24 Å². The molecule has 8 aromatic rings. The molecule has 2 heteroatoms. The standard InChI is InChI=1S/C61H58BN/c1-39-16-23-46(24-17-39)25-30-52-53-29-20-42(4)35-56(53)62-57-36-43(5)22-33-59(57)63(58-32-21-41(3)34-54(58)48-26-18-40(2)19-27-48)60-38-49(37-55(52)61(60)62)51(50-15-11-9-13-45(50)7)31-28-47-14-10-8-12-44(47)6/h8-24,26-27,29,32-38,51-52H,25,28,30-31H2,1-7H3. The van der Waals surface area contributed by atoms with Crippen molar-refractivity contribution in [3.05, 3.63) is 236 Å². The van der Waals surface area contributed by atoms with Crippen LogP contribution in [0.2, 0.25) is 0 Å². The van der Waals surface area contributed by atoms with Crippen molar-refractivity contribution in [2.45, 2.75) is 86.0 Å². The van der Waals surface area contributed by atoms with Crippen molar-refractivity contribution in [2.75, 3.05) is 4.90 Å². The summed E-state index contributed by atoms with van der Waals surface area (Å²) in [6.45, 7) is 15.8. The quantitative estimate of drug-likeness (QED) is 0.124. The summed E-state index contributed by atoms with van der Waals surface area (Å²) in [5.74, 6) is 0.447. The monoisotopic (exact) mass is 815 g/mol. The molecule has 63 heavy (non-hydrogen) atoms. The Hall–Kier alpha value is -6.38. The fourth-order valence-corrected chi connectivity index (χ4v) is 10.9. The van der Waals surface area contributed by atoms with Crippen LogP contribution in [-0.2, 0) is 12.8 Å². The Bertz CT molecular complexity index is 2990. The Morgan fingerprint density at radius 1 is 0.492 bits per heavy atom. The fourth-order valence-electron chi connectivity index (χ4n) is 10.9. The lowest BCUT2D eigenvalue weighted by atomic mass is 9.31. The van der Waals surface area contributed by atoms with E-state index in [-0.39, 0.29) is 18.5 Å². The van der Waals surface area contributed by atoms with Crippen molar-refractivity contribution < 1.29 is 0 Å². The molecule has 0 N–H and O–H groups in total. The van der Waals surface area contributed by atoms with E-state index in [2.05, 4.69) is 217 Å². The lowest BCUT2D eigenvalue weighted by Gasteiger charge is -2.44. The molecular formula is C61H58BN. The van der Waals surface area contributed by atoms with Gasteiger partial charge in [0.15, 0.2) is 0 Å². The van der Waals surface area contributed by atoms with Gasteiger partial charge in [0.2, 0.25) is 6.71 Å². The molecule has 0 spiro atoms. The maximum Gasteiger partial charge on any atom is 0.247 e. The molecule has 0 fully saturated rings. The largest absolute Gasteiger partial charge is 0.311 e. The highest BCUT2D eigenvalue weighted by Gasteiger charge is 2.44. The highest BCUT2D eigenvalue weighted by Crippen LogP contribution is 2.47. The fraction of sp³-hybridized carbons (Fsp3) is 0.213. The van der Waals surface area contributed by atoms with Gasteiger partial charge in [0.25, 0.3) is 0 Å². The van der Waals surface area contributed by atoms with Gasteiger partial charge in [0.1, 0.15) is 0 Å². The minimum atomic E-state index is 0.123. The third-order valence-electron chi connectivity index (χ3n) is 14.3. The highest BCUT2D eigenvalue weighted by molar-refractivity contribution is 6.99. The van der Waals surface area contributed by atoms with E-state index >= 15 is 0 Å². The predicted octanol–water partition coefficient (Wildman–Crippen LogP) is 13.7. The van der Waals surface area contributed by atoms with Gasteiger partial charge < -0.3 is 4.90 Å². The smallest absolute Gasteiger partial charge is 0.247 e. The summed E-state index contributed by atoms with van der Waals surface area (Å²) >= 11 is 0. The highest BCUT2D eigenvalue weighted by atomic mass is 15.2. The Kier molecular flexibility index (Phi) is 10.8. The zero-order valence-corrected chi connectivity index (χ0v) is 38.1. The van der Waals surface area contributed by atoms with Crippen LogP contribution in [0.4, 0.5) is 17.1 Å². The minimum Gasteiger partial charge on any atom is -0.311 e. The summed E-state index contributed by atoms with van der Waals surface area (Å²) in [6, 6.07) is 63.5. The molecule has 10 rings (SSSR count). The van der Waals surface area contributed by atoms with E-state index in [1.165, 1.54) is 117 Å². The molecule has 2 atom stereocenters. The average Bonchev–Trinajstić information content (AvgIpc) is 3.28. The zero-order valence-electron chi connectivity index (χ0n) is 38.1. The van der Waals surface area contributed by atoms with Gasteiger partial charge in [0, 0.05) is 28.8 Å². The molecule has 2 aliphatic rings. The molecule has 310 valence electrons. The van der Waals surface area contributed by atoms with Crippen molar-refractivity contribution in [3.63, 3.8) is 0 Å². The van der Waals surface area contributed by atoms with Crippen LogP contribution in [-0.4, -0.2) is 6.71 Å². The molecule has 8 aromatic carbocycles. The van der Waals surface area contributed by atoms with Crippen LogP contribution in [0.5, 0.6) is 0 Å². The van der Waals surface area contributed by atoms with Gasteiger partial charge in [-0.05, 0) is 159 Å². The van der Waals surface area contributed by atoms with E-state index in [1.807, 2.05) is 0 Å². The summed E-state index contributed by atoms with van der Waals surface area (Å²) < 4.78 is 0. The van der Waals surface area contributed by atoms with Crippen LogP contribution in [0.15, 0.2) is 164 Å². The van der Waals surface area contributed by atoms with Gasteiger partial charge in [0.05, 0.1) is 5.69 Å². The van der Waals surface area contributed by atoms with E-state index in [1.54, 1.807) is 0 Å². The van der Waals surface area contributed by atoms with Gasteiger partial charge in [-0.1, -0.05) is 173 Å². The second-order valence-corrected chi connectivity index (χ2v) is 18.8. The van der Waals surface area contributed by atoms with Crippen molar-refractivity contribution in [3.8, 4) is 11.1 Å². The van der Waals surface area contributed by atoms with E-state index in [4.69, 9.17) is 0 Å². The Balaban J connectivity index is 1.27. The lowest BCUT2D eigenvalue weighted by Crippen LogP contribution is -2.62. The molecular weight excluding hydrogens is 757 g/mol. The van der Waals surface area contributed by atoms with E-state index in [0.29, 0.717) is 0 Å². The molecule has 2 unspecified atom stereocenters. The molecule has 2 heterocycles. The average molecular weight is 816 g/mol. The number of fused-ring (bicyclic) bond motifs is 4. The SMILES string of the molecule is Cc1ccc(CCC2c3ccc(C)cc3B3c4cc(C)ccc4N(c4ccc(C)cc4-c4ccc(C)cc4)c4cc(C(CCc5ccccc5C)c5ccccc5C)cc2c43)cc1. The van der Waals surface area contributed by atoms with Crippen LogP contribution < -0.4 is 21.3 Å². The van der Waals surface area contributed by atoms with E-state index in [0.717, 1.165) is 25.7 Å². The van der Waals surface area contributed by atoms with Crippen molar-refractivity contribution in [2.24, 2.45) is 0 Å². The number of benzene rings is 8. The molecule has 0 amide bonds. The lowest BCUT2D eigenvalue weighted by molar-refractivity contribution is 0.696. The maximum absolute atomic E-state index is 2.68. The Morgan fingerprint density at radius 3 is 1.84 bits per heavy atom. The number of nitrogens with zero attached hydrogens (tertiary/aromatic N) is 1. The van der Waals surface area contributed by atoms with Crippen molar-refractivity contribution >= 4 is 40.2 Å². The summed E-state index contributed by atoms with van der Waals surface area (Å²) in [4.78, 5) is 2.66. The summed E-state index contributed by atoms with van der Waals surface area (Å²) in [7, 11) is 0. The Morgan fingerprint density at radius 2 is 1.11 bits per heavy atom. The first-order valence-corrected chi connectivity index (χ1v) is 23.1. The van der Waals surface area contributed by atoms with Crippen LogP contribution in [0.25, 0.3) is 11.1 Å². The molecule has 0 aliphatic carbocycles. The summed E-state index contributed by atoms with van der Waals surface area (Å²) in [5.41, 5.74) is 28.5. The summed E-state index contributed by atoms with van der Waals surface area (Å²) in [5, 5.41) is 0. The number of anilines is 3. The Labute approximate surface area is 376 Å². The maximum atomic E-state index is 2.68. The second kappa shape index (κ2) is 16.7. The predicted molar refractivity (Wildman–Crippen MR) is 270 cm³/mol. The molecule has 0 bridgehead atoms. The summed E-state index contributed by atoms with van der Waals surface area (Å²) in [6.07, 6.45) is 4.10. The van der Waals surface area contributed by atoms with E-state index in [9.17, 15) is 0 Å². The molecule has 1 nitrogen and oxygen atoms in total. The number of hydrogen-bond acceptors (Lipinski definition) is 1. The van der Waals surface area contributed by atoms with Gasteiger partial charge in [-0.3, -0.25) is 0 Å². The molecule has 0 aromatic heterocycles. The number of aryl methyl sites for hydroxylation is 9. The van der Waals surface area contributed by atoms with E-state index < -0.39 is 0 Å². The second-order valence-electron chi connectivity index (χ2n) is 18.8. The first-order chi connectivity index (χ1) is 30.6. The zero-order chi connectivity index (χ0) is 43.4. The van der Waals surface area contributed by atoms with Gasteiger partial charge in [-0.2, -0.15) is 0 Å².